The maximum absolute atomic E-state index is 11.4. The molecular weight excluding hydrogens is 252 g/mol. The molecule has 2 aromatic carbocycles. The fraction of sp³-hybridized carbons (Fsp3) is 0.133. The number of azo groups is 1. The number of carbonyl (C=O) groups is 1. The van der Waals surface area contributed by atoms with Gasteiger partial charge in [0.25, 0.3) is 0 Å². The molecule has 20 heavy (non-hydrogen) atoms. The molecule has 3 N–H and O–H groups in total. The molecular formula is C15H16N4O. The van der Waals surface area contributed by atoms with Gasteiger partial charge in [-0.2, -0.15) is 10.2 Å². The van der Waals surface area contributed by atoms with Crippen molar-refractivity contribution in [2.45, 2.75) is 13.0 Å². The molecule has 2 aromatic rings. The van der Waals surface area contributed by atoms with E-state index < -0.39 is 6.04 Å². The smallest absolute Gasteiger partial charge is 0.240 e. The lowest BCUT2D eigenvalue weighted by atomic mass is 10.2. The van der Waals surface area contributed by atoms with Gasteiger partial charge >= 0.3 is 0 Å². The number of benzene rings is 2. The molecule has 0 fully saturated rings. The first-order valence-electron chi connectivity index (χ1n) is 6.28. The van der Waals surface area contributed by atoms with Gasteiger partial charge in [-0.1, -0.05) is 18.2 Å². The third kappa shape index (κ3) is 4.00. The van der Waals surface area contributed by atoms with Gasteiger partial charge in [-0.25, -0.2) is 0 Å². The molecule has 0 heterocycles. The van der Waals surface area contributed by atoms with Crippen molar-refractivity contribution in [1.29, 1.82) is 0 Å². The number of nitrogens with two attached hydrogens (primary N) is 1. The molecule has 0 saturated carbocycles. The van der Waals surface area contributed by atoms with Crippen LogP contribution < -0.4 is 11.1 Å². The van der Waals surface area contributed by atoms with Crippen molar-refractivity contribution in [3.05, 3.63) is 54.6 Å². The van der Waals surface area contributed by atoms with Gasteiger partial charge < -0.3 is 11.1 Å². The van der Waals surface area contributed by atoms with Crippen molar-refractivity contribution in [1.82, 2.24) is 0 Å². The second-order valence-corrected chi connectivity index (χ2v) is 4.36. The van der Waals surface area contributed by atoms with E-state index in [1.165, 1.54) is 0 Å². The Bertz CT molecular complexity index is 591. The monoisotopic (exact) mass is 268 g/mol. The number of hydrogen-bond acceptors (Lipinski definition) is 4. The minimum atomic E-state index is -0.535. The largest absolute Gasteiger partial charge is 0.325 e. The molecule has 1 amide bonds. The zero-order chi connectivity index (χ0) is 14.4. The number of carbonyl (C=O) groups excluding carboxylic acids is 1. The molecule has 0 radical (unpaired) electrons. The van der Waals surface area contributed by atoms with Crippen LogP contribution in [0.5, 0.6) is 0 Å². The standard InChI is InChI=1S/C15H16N4O/c1-11(16)15(20)17-12-7-9-14(10-8-12)19-18-13-5-3-2-4-6-13/h2-11H,16H2,1H3,(H,17,20)/t11-/m0/s1. The Morgan fingerprint density at radius 1 is 1.00 bits per heavy atom. The zero-order valence-electron chi connectivity index (χ0n) is 11.2. The Labute approximate surface area is 117 Å². The maximum atomic E-state index is 11.4. The third-order valence-corrected chi connectivity index (χ3v) is 2.59. The van der Waals surface area contributed by atoms with E-state index in [1.807, 2.05) is 30.3 Å². The van der Waals surface area contributed by atoms with E-state index in [1.54, 1.807) is 31.2 Å². The Morgan fingerprint density at radius 2 is 1.55 bits per heavy atom. The van der Waals surface area contributed by atoms with Gasteiger partial charge in [-0.3, -0.25) is 4.79 Å². The number of anilines is 1. The summed E-state index contributed by atoms with van der Waals surface area (Å²) in [7, 11) is 0. The van der Waals surface area contributed by atoms with Gasteiger partial charge in [0.05, 0.1) is 17.4 Å². The highest BCUT2D eigenvalue weighted by atomic mass is 16.2. The Hall–Kier alpha value is -2.53. The topological polar surface area (TPSA) is 79.8 Å². The predicted octanol–water partition coefficient (Wildman–Crippen LogP) is 3.39. The fourth-order valence-corrected chi connectivity index (χ4v) is 1.48. The average molecular weight is 268 g/mol. The van der Waals surface area contributed by atoms with E-state index in [9.17, 15) is 4.79 Å². The summed E-state index contributed by atoms with van der Waals surface area (Å²) in [6.45, 7) is 1.64. The molecule has 1 atom stereocenters. The number of rotatable bonds is 4. The maximum Gasteiger partial charge on any atom is 0.240 e. The summed E-state index contributed by atoms with van der Waals surface area (Å²) in [4.78, 5) is 11.4. The van der Waals surface area contributed by atoms with Crippen LogP contribution in [-0.4, -0.2) is 11.9 Å². The first-order chi connectivity index (χ1) is 9.65. The highest BCUT2D eigenvalue weighted by Gasteiger charge is 2.06. The van der Waals surface area contributed by atoms with Crippen LogP contribution in [-0.2, 0) is 4.79 Å². The van der Waals surface area contributed by atoms with Gasteiger partial charge in [0.2, 0.25) is 5.91 Å². The van der Waals surface area contributed by atoms with Crippen LogP contribution in [0.2, 0.25) is 0 Å². The van der Waals surface area contributed by atoms with Gasteiger partial charge in [0.1, 0.15) is 0 Å². The van der Waals surface area contributed by atoms with Crippen LogP contribution >= 0.6 is 0 Å². The first kappa shape index (κ1) is 13.9. The molecule has 0 bridgehead atoms. The van der Waals surface area contributed by atoms with Crippen LogP contribution in [0.25, 0.3) is 0 Å². The van der Waals surface area contributed by atoms with Crippen molar-refractivity contribution >= 4 is 23.0 Å². The third-order valence-electron chi connectivity index (χ3n) is 2.59. The molecule has 0 saturated heterocycles. The minimum absolute atomic E-state index is 0.219. The Morgan fingerprint density at radius 3 is 2.10 bits per heavy atom. The van der Waals surface area contributed by atoms with E-state index in [0.717, 1.165) is 5.69 Å². The van der Waals surface area contributed by atoms with Crippen LogP contribution in [0.4, 0.5) is 17.1 Å². The molecule has 0 unspecified atom stereocenters. The predicted molar refractivity (Wildman–Crippen MR) is 79.3 cm³/mol. The van der Waals surface area contributed by atoms with Crippen LogP contribution in [0.1, 0.15) is 6.92 Å². The van der Waals surface area contributed by atoms with Crippen LogP contribution in [0.15, 0.2) is 64.8 Å². The van der Waals surface area contributed by atoms with Gasteiger partial charge in [-0.05, 0) is 43.3 Å². The number of hydrogen-bond donors (Lipinski definition) is 2. The van der Waals surface area contributed by atoms with E-state index in [0.29, 0.717) is 11.4 Å². The fourth-order valence-electron chi connectivity index (χ4n) is 1.48. The Kier molecular flexibility index (Phi) is 4.57. The SMILES string of the molecule is C[C@H](N)C(=O)Nc1ccc(N=Nc2ccccc2)cc1. The van der Waals surface area contributed by atoms with E-state index in [4.69, 9.17) is 5.73 Å². The van der Waals surface area contributed by atoms with Gasteiger partial charge in [-0.15, -0.1) is 0 Å². The molecule has 5 nitrogen and oxygen atoms in total. The molecule has 0 aliphatic carbocycles. The minimum Gasteiger partial charge on any atom is -0.325 e. The molecule has 0 spiro atoms. The lowest BCUT2D eigenvalue weighted by Crippen LogP contribution is -2.32. The van der Waals surface area contributed by atoms with E-state index in [-0.39, 0.29) is 5.91 Å². The van der Waals surface area contributed by atoms with Crippen LogP contribution in [0, 0.1) is 0 Å². The lowest BCUT2D eigenvalue weighted by molar-refractivity contribution is -0.117. The van der Waals surface area contributed by atoms with Crippen molar-refractivity contribution in [2.75, 3.05) is 5.32 Å². The zero-order valence-corrected chi connectivity index (χ0v) is 11.2. The van der Waals surface area contributed by atoms with Gasteiger partial charge in [0.15, 0.2) is 0 Å². The molecule has 2 rings (SSSR count). The first-order valence-corrected chi connectivity index (χ1v) is 6.28. The van der Waals surface area contributed by atoms with Crippen molar-refractivity contribution in [3.8, 4) is 0 Å². The second-order valence-electron chi connectivity index (χ2n) is 4.36. The van der Waals surface area contributed by atoms with Crippen LogP contribution in [0.3, 0.4) is 0 Å². The highest BCUT2D eigenvalue weighted by Crippen LogP contribution is 2.19. The number of nitrogens with one attached hydrogen (secondary N) is 1. The molecule has 0 aliphatic rings. The van der Waals surface area contributed by atoms with Crippen molar-refractivity contribution < 1.29 is 4.79 Å². The summed E-state index contributed by atoms with van der Waals surface area (Å²) in [6, 6.07) is 16.0. The molecule has 0 aliphatic heterocycles. The average Bonchev–Trinajstić information content (AvgIpc) is 2.47. The summed E-state index contributed by atoms with van der Waals surface area (Å²) in [5.74, 6) is -0.219. The lowest BCUT2D eigenvalue weighted by Gasteiger charge is -2.07. The van der Waals surface area contributed by atoms with Crippen molar-refractivity contribution in [3.63, 3.8) is 0 Å². The number of nitrogens with zero attached hydrogens (tertiary/aromatic N) is 2. The van der Waals surface area contributed by atoms with Gasteiger partial charge in [0, 0.05) is 5.69 Å². The summed E-state index contributed by atoms with van der Waals surface area (Å²) in [5, 5.41) is 10.9. The summed E-state index contributed by atoms with van der Waals surface area (Å²) < 4.78 is 0. The van der Waals surface area contributed by atoms with E-state index >= 15 is 0 Å². The van der Waals surface area contributed by atoms with E-state index in [2.05, 4.69) is 15.5 Å². The molecule has 0 aromatic heterocycles. The quantitative estimate of drug-likeness (QED) is 0.833. The normalized spacial score (nSPS) is 12.3. The highest BCUT2D eigenvalue weighted by molar-refractivity contribution is 5.94. The number of amides is 1. The molecule has 5 heteroatoms. The summed E-state index contributed by atoms with van der Waals surface area (Å²) >= 11 is 0. The second kappa shape index (κ2) is 6.58. The Balaban J connectivity index is 2.02. The molecule has 102 valence electrons. The summed E-state index contributed by atoms with van der Waals surface area (Å²) in [5.41, 5.74) is 7.68. The van der Waals surface area contributed by atoms with Crippen molar-refractivity contribution in [2.24, 2.45) is 16.0 Å². The summed E-state index contributed by atoms with van der Waals surface area (Å²) in [6.07, 6.45) is 0.